The number of piperazine rings is 1. The lowest BCUT2D eigenvalue weighted by Crippen LogP contribution is -2.70. The average Bonchev–Trinajstić information content (AvgIpc) is 2.34. The Labute approximate surface area is 115 Å². The number of rotatable bonds is 6. The summed E-state index contributed by atoms with van der Waals surface area (Å²) in [5.41, 5.74) is -0.768. The first-order valence-electron chi connectivity index (χ1n) is 6.99. The Hall–Kier alpha value is -1.10. The van der Waals surface area contributed by atoms with E-state index in [2.05, 4.69) is 5.32 Å². The molecule has 1 aliphatic rings. The van der Waals surface area contributed by atoms with E-state index in [1.807, 2.05) is 20.8 Å². The van der Waals surface area contributed by atoms with E-state index in [1.165, 1.54) is 0 Å². The third-order valence-corrected chi connectivity index (χ3v) is 3.82. The number of amides is 2. The second-order valence-electron chi connectivity index (χ2n) is 5.71. The SMILES string of the molecule is CCC1(C)NC(=O)C(C(C)C)N(CCCOC)C1=O. The van der Waals surface area contributed by atoms with Crippen LogP contribution in [0.15, 0.2) is 0 Å². The molecule has 0 spiro atoms. The zero-order valence-corrected chi connectivity index (χ0v) is 12.7. The average molecular weight is 270 g/mol. The molecule has 1 saturated heterocycles. The number of carbonyl (C=O) groups is 2. The van der Waals surface area contributed by atoms with Crippen LogP contribution in [0, 0.1) is 5.92 Å². The Morgan fingerprint density at radius 1 is 1.42 bits per heavy atom. The zero-order chi connectivity index (χ0) is 14.6. The Balaban J connectivity index is 2.93. The molecule has 0 radical (unpaired) electrons. The number of nitrogens with one attached hydrogen (secondary N) is 1. The number of hydrogen-bond acceptors (Lipinski definition) is 3. The summed E-state index contributed by atoms with van der Waals surface area (Å²) >= 11 is 0. The van der Waals surface area contributed by atoms with Gasteiger partial charge in [-0.15, -0.1) is 0 Å². The summed E-state index contributed by atoms with van der Waals surface area (Å²) in [7, 11) is 1.64. The summed E-state index contributed by atoms with van der Waals surface area (Å²) in [6, 6.07) is -0.371. The zero-order valence-electron chi connectivity index (χ0n) is 12.7. The molecule has 2 unspecified atom stereocenters. The summed E-state index contributed by atoms with van der Waals surface area (Å²) in [5, 5.41) is 2.88. The topological polar surface area (TPSA) is 58.6 Å². The van der Waals surface area contributed by atoms with Gasteiger partial charge in [-0.1, -0.05) is 20.8 Å². The van der Waals surface area contributed by atoms with Crippen LogP contribution in [0.5, 0.6) is 0 Å². The van der Waals surface area contributed by atoms with E-state index in [9.17, 15) is 9.59 Å². The van der Waals surface area contributed by atoms with Crippen LogP contribution in [0.4, 0.5) is 0 Å². The van der Waals surface area contributed by atoms with Crippen LogP contribution < -0.4 is 5.32 Å². The van der Waals surface area contributed by atoms with Gasteiger partial charge in [-0.05, 0) is 25.7 Å². The first-order valence-corrected chi connectivity index (χ1v) is 6.99. The van der Waals surface area contributed by atoms with Gasteiger partial charge in [0, 0.05) is 20.3 Å². The highest BCUT2D eigenvalue weighted by Gasteiger charge is 2.47. The van der Waals surface area contributed by atoms with E-state index in [-0.39, 0.29) is 23.8 Å². The first kappa shape index (κ1) is 16.0. The van der Waals surface area contributed by atoms with E-state index in [0.717, 1.165) is 6.42 Å². The van der Waals surface area contributed by atoms with E-state index in [4.69, 9.17) is 4.74 Å². The highest BCUT2D eigenvalue weighted by Crippen LogP contribution is 2.25. The van der Waals surface area contributed by atoms with Gasteiger partial charge in [0.25, 0.3) is 0 Å². The molecule has 2 amide bonds. The predicted octanol–water partition coefficient (Wildman–Crippen LogP) is 1.17. The lowest BCUT2D eigenvalue weighted by molar-refractivity contribution is -0.156. The molecule has 5 nitrogen and oxygen atoms in total. The van der Waals surface area contributed by atoms with Gasteiger partial charge in [0.05, 0.1) is 0 Å². The van der Waals surface area contributed by atoms with Crippen LogP contribution in [0.2, 0.25) is 0 Å². The molecule has 19 heavy (non-hydrogen) atoms. The van der Waals surface area contributed by atoms with Crippen molar-refractivity contribution in [2.45, 2.75) is 52.1 Å². The molecule has 110 valence electrons. The molecule has 1 aliphatic heterocycles. The number of methoxy groups -OCH3 is 1. The molecule has 1 heterocycles. The minimum atomic E-state index is -0.768. The van der Waals surface area contributed by atoms with Crippen molar-refractivity contribution in [3.63, 3.8) is 0 Å². The molecule has 5 heteroatoms. The molecule has 1 fully saturated rings. The minimum absolute atomic E-state index is 0.0180. The third-order valence-electron chi connectivity index (χ3n) is 3.82. The van der Waals surface area contributed by atoms with Crippen molar-refractivity contribution >= 4 is 11.8 Å². The fourth-order valence-electron chi connectivity index (χ4n) is 2.51. The lowest BCUT2D eigenvalue weighted by atomic mass is 9.88. The van der Waals surface area contributed by atoms with Gasteiger partial charge in [-0.3, -0.25) is 9.59 Å². The van der Waals surface area contributed by atoms with Crippen LogP contribution >= 0.6 is 0 Å². The quantitative estimate of drug-likeness (QED) is 0.737. The largest absolute Gasteiger partial charge is 0.385 e. The van der Waals surface area contributed by atoms with Crippen molar-refractivity contribution in [1.82, 2.24) is 10.2 Å². The smallest absolute Gasteiger partial charge is 0.248 e. The standard InChI is InChI=1S/C14H26N2O3/c1-6-14(4)13(18)16(8-7-9-19-5)11(10(2)3)12(17)15-14/h10-11H,6-9H2,1-5H3,(H,15,17). The highest BCUT2D eigenvalue weighted by atomic mass is 16.5. The molecular formula is C14H26N2O3. The van der Waals surface area contributed by atoms with Crippen molar-refractivity contribution in [3.05, 3.63) is 0 Å². The maximum atomic E-state index is 12.6. The summed E-state index contributed by atoms with van der Waals surface area (Å²) < 4.78 is 5.03. The molecule has 0 bridgehead atoms. The number of nitrogens with zero attached hydrogens (tertiary/aromatic N) is 1. The van der Waals surface area contributed by atoms with E-state index in [0.29, 0.717) is 19.6 Å². The highest BCUT2D eigenvalue weighted by molar-refractivity contribution is 5.99. The van der Waals surface area contributed by atoms with Crippen molar-refractivity contribution in [2.75, 3.05) is 20.3 Å². The van der Waals surface area contributed by atoms with Gasteiger partial charge in [-0.2, -0.15) is 0 Å². The summed E-state index contributed by atoms with van der Waals surface area (Å²) in [4.78, 5) is 26.6. The molecule has 1 rings (SSSR count). The molecule has 0 aromatic rings. The molecule has 2 atom stereocenters. The lowest BCUT2D eigenvalue weighted by Gasteiger charge is -2.45. The molecule has 0 saturated carbocycles. The molecular weight excluding hydrogens is 244 g/mol. The Bertz CT molecular complexity index is 344. The van der Waals surface area contributed by atoms with Gasteiger partial charge < -0.3 is 15.0 Å². The molecule has 0 aliphatic carbocycles. The van der Waals surface area contributed by atoms with Crippen LogP contribution in [-0.4, -0.2) is 48.6 Å². The summed E-state index contributed by atoms with van der Waals surface area (Å²) in [6.07, 6.45) is 1.35. The van der Waals surface area contributed by atoms with E-state index < -0.39 is 5.54 Å². The van der Waals surface area contributed by atoms with E-state index in [1.54, 1.807) is 18.9 Å². The van der Waals surface area contributed by atoms with Crippen molar-refractivity contribution in [1.29, 1.82) is 0 Å². The summed E-state index contributed by atoms with van der Waals surface area (Å²) in [6.45, 7) is 8.82. The number of carbonyl (C=O) groups excluding carboxylic acids is 2. The summed E-state index contributed by atoms with van der Waals surface area (Å²) in [5.74, 6) is 0.0775. The fourth-order valence-corrected chi connectivity index (χ4v) is 2.51. The number of hydrogen-bond donors (Lipinski definition) is 1. The molecule has 0 aromatic heterocycles. The van der Waals surface area contributed by atoms with Gasteiger partial charge >= 0.3 is 0 Å². The maximum absolute atomic E-state index is 12.6. The predicted molar refractivity (Wildman–Crippen MR) is 73.7 cm³/mol. The van der Waals surface area contributed by atoms with Gasteiger partial charge in [0.1, 0.15) is 11.6 Å². The van der Waals surface area contributed by atoms with Crippen molar-refractivity contribution < 1.29 is 14.3 Å². The van der Waals surface area contributed by atoms with Crippen molar-refractivity contribution in [3.8, 4) is 0 Å². The van der Waals surface area contributed by atoms with Crippen LogP contribution in [-0.2, 0) is 14.3 Å². The third kappa shape index (κ3) is 3.26. The number of ether oxygens (including phenoxy) is 1. The first-order chi connectivity index (χ1) is 8.87. The molecule has 1 N–H and O–H groups in total. The monoisotopic (exact) mass is 270 g/mol. The minimum Gasteiger partial charge on any atom is -0.385 e. The van der Waals surface area contributed by atoms with Crippen LogP contribution in [0.25, 0.3) is 0 Å². The molecule has 0 aromatic carbocycles. The van der Waals surface area contributed by atoms with E-state index >= 15 is 0 Å². The van der Waals surface area contributed by atoms with Crippen LogP contribution in [0.1, 0.15) is 40.5 Å². The van der Waals surface area contributed by atoms with Crippen molar-refractivity contribution in [2.24, 2.45) is 5.92 Å². The second-order valence-corrected chi connectivity index (χ2v) is 5.71. The fraction of sp³-hybridized carbons (Fsp3) is 0.857. The second kappa shape index (κ2) is 6.37. The Morgan fingerprint density at radius 3 is 2.53 bits per heavy atom. The van der Waals surface area contributed by atoms with Gasteiger partial charge in [0.2, 0.25) is 11.8 Å². The maximum Gasteiger partial charge on any atom is 0.248 e. The van der Waals surface area contributed by atoms with Gasteiger partial charge in [0.15, 0.2) is 0 Å². The Kier molecular flexibility index (Phi) is 5.35. The Morgan fingerprint density at radius 2 is 2.05 bits per heavy atom. The van der Waals surface area contributed by atoms with Gasteiger partial charge in [-0.25, -0.2) is 0 Å². The normalized spacial score (nSPS) is 27.9. The van der Waals surface area contributed by atoms with Crippen LogP contribution in [0.3, 0.4) is 0 Å².